The number of ether oxygens (including phenoxy) is 1. The lowest BCUT2D eigenvalue weighted by Gasteiger charge is -2.19. The summed E-state index contributed by atoms with van der Waals surface area (Å²) in [6.45, 7) is 7.77. The number of benzene rings is 1. The SMILES string of the molecule is Cc1nc(C(N)=O)c(Nc2cccc(CCNC(=O)OC(C)(C)C)c2)nc1C1CC1. The maximum atomic E-state index is 11.9. The van der Waals surface area contributed by atoms with Gasteiger partial charge in [-0.25, -0.2) is 14.8 Å². The Bertz CT molecular complexity index is 948. The van der Waals surface area contributed by atoms with Gasteiger partial charge in [-0.3, -0.25) is 4.79 Å². The quantitative estimate of drug-likeness (QED) is 0.641. The van der Waals surface area contributed by atoms with Crippen LogP contribution in [0.1, 0.15) is 67.0 Å². The van der Waals surface area contributed by atoms with Gasteiger partial charge in [0.1, 0.15) is 5.60 Å². The van der Waals surface area contributed by atoms with E-state index in [4.69, 9.17) is 10.5 Å². The van der Waals surface area contributed by atoms with Crippen LogP contribution in [0.2, 0.25) is 0 Å². The molecule has 8 heteroatoms. The highest BCUT2D eigenvalue weighted by atomic mass is 16.6. The number of carbonyl (C=O) groups excluding carboxylic acids is 2. The van der Waals surface area contributed by atoms with Crippen LogP contribution >= 0.6 is 0 Å². The molecule has 1 saturated carbocycles. The average molecular weight is 412 g/mol. The highest BCUT2D eigenvalue weighted by Crippen LogP contribution is 2.40. The molecule has 4 N–H and O–H groups in total. The van der Waals surface area contributed by atoms with Gasteiger partial charge in [0.15, 0.2) is 11.5 Å². The molecule has 1 aliphatic carbocycles. The summed E-state index contributed by atoms with van der Waals surface area (Å²) in [6.07, 6.45) is 2.37. The van der Waals surface area contributed by atoms with Gasteiger partial charge in [-0.1, -0.05) is 12.1 Å². The Kier molecular flexibility index (Phi) is 6.24. The topological polar surface area (TPSA) is 119 Å². The van der Waals surface area contributed by atoms with Crippen LogP contribution in [0, 0.1) is 6.92 Å². The van der Waals surface area contributed by atoms with E-state index >= 15 is 0 Å². The van der Waals surface area contributed by atoms with E-state index in [1.807, 2.05) is 52.0 Å². The van der Waals surface area contributed by atoms with Crippen molar-refractivity contribution in [1.29, 1.82) is 0 Å². The van der Waals surface area contributed by atoms with Gasteiger partial charge in [-0.05, 0) is 64.7 Å². The second kappa shape index (κ2) is 8.69. The monoisotopic (exact) mass is 411 g/mol. The number of hydrogen-bond acceptors (Lipinski definition) is 6. The number of aryl methyl sites for hydroxylation is 1. The molecule has 2 amide bonds. The molecule has 0 saturated heterocycles. The maximum Gasteiger partial charge on any atom is 0.407 e. The number of nitrogens with one attached hydrogen (secondary N) is 2. The Morgan fingerprint density at radius 1 is 1.23 bits per heavy atom. The molecule has 0 atom stereocenters. The van der Waals surface area contributed by atoms with Crippen molar-refractivity contribution in [2.24, 2.45) is 5.73 Å². The zero-order valence-corrected chi connectivity index (χ0v) is 17.9. The lowest BCUT2D eigenvalue weighted by atomic mass is 10.1. The third-order valence-corrected chi connectivity index (χ3v) is 4.58. The number of nitrogens with zero attached hydrogens (tertiary/aromatic N) is 2. The zero-order valence-electron chi connectivity index (χ0n) is 17.9. The van der Waals surface area contributed by atoms with Gasteiger partial charge in [-0.15, -0.1) is 0 Å². The van der Waals surface area contributed by atoms with E-state index < -0.39 is 17.6 Å². The van der Waals surface area contributed by atoms with Gasteiger partial charge in [0.05, 0.1) is 11.4 Å². The number of hydrogen-bond donors (Lipinski definition) is 3. The molecule has 3 rings (SSSR count). The zero-order chi connectivity index (χ0) is 21.9. The van der Waals surface area contributed by atoms with E-state index in [2.05, 4.69) is 20.6 Å². The van der Waals surface area contributed by atoms with Crippen molar-refractivity contribution in [2.45, 2.75) is 58.5 Å². The number of carbonyl (C=O) groups is 2. The van der Waals surface area contributed by atoms with Crippen molar-refractivity contribution in [3.05, 3.63) is 46.9 Å². The smallest absolute Gasteiger partial charge is 0.407 e. The lowest BCUT2D eigenvalue weighted by molar-refractivity contribution is 0.0528. The molecule has 1 aliphatic rings. The maximum absolute atomic E-state index is 11.9. The minimum atomic E-state index is -0.617. The average Bonchev–Trinajstić information content (AvgIpc) is 3.46. The number of rotatable bonds is 7. The van der Waals surface area contributed by atoms with Crippen molar-refractivity contribution in [3.8, 4) is 0 Å². The summed E-state index contributed by atoms with van der Waals surface area (Å²) in [5.41, 5.74) is 8.57. The van der Waals surface area contributed by atoms with E-state index in [-0.39, 0.29) is 5.69 Å². The molecular formula is C22H29N5O3. The number of primary amides is 1. The first-order chi connectivity index (χ1) is 14.1. The van der Waals surface area contributed by atoms with Crippen LogP contribution in [-0.4, -0.2) is 34.1 Å². The number of alkyl carbamates (subject to hydrolysis) is 1. The Labute approximate surface area is 176 Å². The third kappa shape index (κ3) is 5.92. The van der Waals surface area contributed by atoms with Crippen molar-refractivity contribution in [3.63, 3.8) is 0 Å². The highest BCUT2D eigenvalue weighted by Gasteiger charge is 2.29. The molecule has 0 bridgehead atoms. The fourth-order valence-electron chi connectivity index (χ4n) is 3.10. The molecule has 1 aromatic heterocycles. The predicted molar refractivity (Wildman–Crippen MR) is 115 cm³/mol. The van der Waals surface area contributed by atoms with Crippen LogP contribution in [0.5, 0.6) is 0 Å². The van der Waals surface area contributed by atoms with E-state index in [9.17, 15) is 9.59 Å². The molecule has 1 heterocycles. The summed E-state index contributed by atoms with van der Waals surface area (Å²) >= 11 is 0. The first-order valence-electron chi connectivity index (χ1n) is 10.1. The van der Waals surface area contributed by atoms with Crippen LogP contribution in [0.15, 0.2) is 24.3 Å². The fraction of sp³-hybridized carbons (Fsp3) is 0.455. The number of anilines is 2. The minimum Gasteiger partial charge on any atom is -0.444 e. The van der Waals surface area contributed by atoms with E-state index in [1.165, 1.54) is 0 Å². The Balaban J connectivity index is 1.69. The molecule has 0 spiro atoms. The van der Waals surface area contributed by atoms with Gasteiger partial charge in [0, 0.05) is 18.2 Å². The van der Waals surface area contributed by atoms with Gasteiger partial charge < -0.3 is 21.1 Å². The number of aromatic nitrogens is 2. The molecule has 160 valence electrons. The normalized spacial score (nSPS) is 13.6. The number of nitrogens with two attached hydrogens (primary N) is 1. The molecule has 1 fully saturated rings. The first-order valence-corrected chi connectivity index (χ1v) is 10.1. The second-order valence-electron chi connectivity index (χ2n) is 8.53. The summed E-state index contributed by atoms with van der Waals surface area (Å²) in [7, 11) is 0. The summed E-state index contributed by atoms with van der Waals surface area (Å²) in [4.78, 5) is 32.7. The lowest BCUT2D eigenvalue weighted by Crippen LogP contribution is -2.33. The molecule has 0 radical (unpaired) electrons. The summed E-state index contributed by atoms with van der Waals surface area (Å²) in [6, 6.07) is 7.69. The van der Waals surface area contributed by atoms with Gasteiger partial charge in [-0.2, -0.15) is 0 Å². The molecule has 0 unspecified atom stereocenters. The van der Waals surface area contributed by atoms with Gasteiger partial charge >= 0.3 is 6.09 Å². The molecule has 0 aliphatic heterocycles. The van der Waals surface area contributed by atoms with E-state index in [0.29, 0.717) is 24.7 Å². The number of amides is 2. The van der Waals surface area contributed by atoms with Crippen molar-refractivity contribution >= 4 is 23.5 Å². The van der Waals surface area contributed by atoms with E-state index in [1.54, 1.807) is 0 Å². The second-order valence-corrected chi connectivity index (χ2v) is 8.53. The summed E-state index contributed by atoms with van der Waals surface area (Å²) < 4.78 is 5.24. The first kappa shape index (κ1) is 21.5. The summed E-state index contributed by atoms with van der Waals surface area (Å²) in [5.74, 6) is 0.164. The summed E-state index contributed by atoms with van der Waals surface area (Å²) in [5, 5.41) is 5.94. The Morgan fingerprint density at radius 3 is 2.60 bits per heavy atom. The van der Waals surface area contributed by atoms with Crippen LogP contribution in [0.25, 0.3) is 0 Å². The molecule has 30 heavy (non-hydrogen) atoms. The Hall–Kier alpha value is -3.16. The van der Waals surface area contributed by atoms with Gasteiger partial charge in [0.2, 0.25) is 0 Å². The fourth-order valence-corrected chi connectivity index (χ4v) is 3.10. The molecular weight excluding hydrogens is 382 g/mol. The highest BCUT2D eigenvalue weighted by molar-refractivity contribution is 5.96. The van der Waals surface area contributed by atoms with E-state index in [0.717, 1.165) is 35.5 Å². The predicted octanol–water partition coefficient (Wildman–Crippen LogP) is 3.57. The molecule has 1 aromatic carbocycles. The minimum absolute atomic E-state index is 0.133. The van der Waals surface area contributed by atoms with Crippen LogP contribution in [-0.2, 0) is 11.2 Å². The van der Waals surface area contributed by atoms with Crippen LogP contribution in [0.4, 0.5) is 16.3 Å². The molecule has 8 nitrogen and oxygen atoms in total. The largest absolute Gasteiger partial charge is 0.444 e. The third-order valence-electron chi connectivity index (χ3n) is 4.58. The Morgan fingerprint density at radius 2 is 1.97 bits per heavy atom. The van der Waals surface area contributed by atoms with Gasteiger partial charge in [0.25, 0.3) is 5.91 Å². The van der Waals surface area contributed by atoms with Crippen LogP contribution < -0.4 is 16.4 Å². The van der Waals surface area contributed by atoms with Crippen molar-refractivity contribution in [1.82, 2.24) is 15.3 Å². The van der Waals surface area contributed by atoms with Crippen molar-refractivity contribution < 1.29 is 14.3 Å². The van der Waals surface area contributed by atoms with Crippen LogP contribution in [0.3, 0.4) is 0 Å². The molecule has 2 aromatic rings. The van der Waals surface area contributed by atoms with Crippen molar-refractivity contribution in [2.75, 3.05) is 11.9 Å². The standard InChI is InChI=1S/C22H29N5O3/c1-13-17(15-8-9-15)27-20(18(25-13)19(23)28)26-16-7-5-6-14(12-16)10-11-24-21(29)30-22(2,3)4/h5-7,12,15H,8-11H2,1-4H3,(H2,23,28)(H,24,29)(H,26,27).